The summed E-state index contributed by atoms with van der Waals surface area (Å²) in [6.45, 7) is 38.2. The smallest absolute Gasteiger partial charge is 0.123 e. The molecule has 0 saturated heterocycles. The molecule has 0 heterocycles. The van der Waals surface area contributed by atoms with Crippen molar-refractivity contribution in [3.8, 4) is 17.2 Å². The van der Waals surface area contributed by atoms with Crippen LogP contribution in [0, 0.1) is 36.9 Å². The number of hydrogen-bond donors (Lipinski definition) is 3. The van der Waals surface area contributed by atoms with E-state index in [2.05, 4.69) is 125 Å². The second-order valence-corrected chi connectivity index (χ2v) is 18.6. The fraction of sp³-hybridized carbons (Fsp3) is 0.571. The Labute approximate surface area is 312 Å². The third-order valence-electron chi connectivity index (χ3n) is 7.96. The molecule has 0 spiro atoms. The Morgan fingerprint density at radius 3 is 0.478 bits per heavy atom. The zero-order valence-corrected chi connectivity index (χ0v) is 34.0. The Kier molecular flexibility index (Phi) is 15.1. The Bertz CT molecular complexity index is 1140. The summed E-state index contributed by atoms with van der Waals surface area (Å²) in [7, 11) is 0. The van der Waals surface area contributed by atoms with Crippen LogP contribution >= 0.6 is 0 Å². The van der Waals surface area contributed by atoms with E-state index in [9.17, 15) is 15.3 Å². The topological polar surface area (TPSA) is 60.7 Å². The van der Waals surface area contributed by atoms with Gasteiger partial charge >= 0.3 is 0 Å². The molecule has 0 atom stereocenters. The van der Waals surface area contributed by atoms with Crippen LogP contribution in [0.2, 0.25) is 0 Å². The molecule has 4 heteroatoms. The second-order valence-electron chi connectivity index (χ2n) is 18.6. The standard InChI is InChI=1S/3C14H22O.Lu/c3*1-13(2,3)10-8-7-9-11(12(10)15)14(4,5)6;/h3*7-9,15H,1-6H3;. The first-order chi connectivity index (χ1) is 19.9. The molecule has 3 rings (SSSR count). The van der Waals surface area contributed by atoms with Gasteiger partial charge in [-0.3, -0.25) is 0 Å². The molecule has 3 aromatic carbocycles. The minimum Gasteiger partial charge on any atom is -0.507 e. The molecule has 0 aliphatic carbocycles. The number of aromatic hydroxyl groups is 3. The Hall–Kier alpha value is -1.71. The van der Waals surface area contributed by atoms with Gasteiger partial charge in [-0.15, -0.1) is 0 Å². The van der Waals surface area contributed by atoms with Crippen LogP contribution in [0.1, 0.15) is 158 Å². The summed E-state index contributed by atoms with van der Waals surface area (Å²) >= 11 is 0. The summed E-state index contributed by atoms with van der Waals surface area (Å²) in [5.41, 5.74) is 6.09. The molecule has 46 heavy (non-hydrogen) atoms. The number of phenolic OH excluding ortho intramolecular Hbond substituents is 3. The van der Waals surface area contributed by atoms with Crippen molar-refractivity contribution in [2.75, 3.05) is 0 Å². The Balaban J connectivity index is 0.000000653. The van der Waals surface area contributed by atoms with Gasteiger partial charge in [-0.05, 0) is 65.9 Å². The summed E-state index contributed by atoms with van der Waals surface area (Å²) in [5, 5.41) is 30.8. The molecule has 1 radical (unpaired) electrons. The van der Waals surface area contributed by atoms with Crippen molar-refractivity contribution in [1.82, 2.24) is 0 Å². The summed E-state index contributed by atoms with van der Waals surface area (Å²) in [4.78, 5) is 0. The van der Waals surface area contributed by atoms with Gasteiger partial charge in [0, 0.05) is 36.9 Å². The SMILES string of the molecule is CC(C)(C)c1cccc(C(C)(C)C)c1O.CC(C)(C)c1cccc(C(C)(C)C)c1O.CC(C)(C)c1cccc(C(C)(C)C)c1O.[Lu]. The minimum atomic E-state index is -0.00859. The van der Waals surface area contributed by atoms with Gasteiger partial charge in [-0.1, -0.05) is 179 Å². The zero-order valence-electron chi connectivity index (χ0n) is 32.3. The second kappa shape index (κ2) is 15.7. The predicted molar refractivity (Wildman–Crippen MR) is 197 cm³/mol. The quantitative estimate of drug-likeness (QED) is 0.212. The zero-order chi connectivity index (χ0) is 35.6. The van der Waals surface area contributed by atoms with E-state index >= 15 is 0 Å². The number of phenols is 3. The largest absolute Gasteiger partial charge is 0.507 e. The van der Waals surface area contributed by atoms with Crippen molar-refractivity contribution in [3.05, 3.63) is 88.0 Å². The average molecular weight is 794 g/mol. The van der Waals surface area contributed by atoms with Crippen LogP contribution in [-0.4, -0.2) is 15.3 Å². The van der Waals surface area contributed by atoms with Gasteiger partial charge < -0.3 is 15.3 Å². The van der Waals surface area contributed by atoms with E-state index in [1.165, 1.54) is 0 Å². The predicted octanol–water partition coefficient (Wildman–Crippen LogP) is 12.0. The third-order valence-corrected chi connectivity index (χ3v) is 7.96. The summed E-state index contributed by atoms with van der Waals surface area (Å²) in [5.74, 6) is 1.37. The van der Waals surface area contributed by atoms with Gasteiger partial charge in [-0.25, -0.2) is 0 Å². The van der Waals surface area contributed by atoms with Crippen molar-refractivity contribution in [2.24, 2.45) is 0 Å². The molecular weight excluding hydrogens is 727 g/mol. The summed E-state index contributed by atoms with van der Waals surface area (Å²) < 4.78 is 0. The van der Waals surface area contributed by atoms with Gasteiger partial charge in [0.25, 0.3) is 0 Å². The number of benzene rings is 3. The van der Waals surface area contributed by atoms with Gasteiger partial charge in [-0.2, -0.15) is 0 Å². The molecule has 0 unspecified atom stereocenters. The van der Waals surface area contributed by atoms with Crippen LogP contribution in [0.3, 0.4) is 0 Å². The van der Waals surface area contributed by atoms with Crippen LogP contribution in [0.5, 0.6) is 17.2 Å². The molecule has 3 N–H and O–H groups in total. The van der Waals surface area contributed by atoms with E-state index in [4.69, 9.17) is 0 Å². The maximum absolute atomic E-state index is 10.3. The molecule has 0 aromatic heterocycles. The van der Waals surface area contributed by atoms with E-state index in [0.29, 0.717) is 17.2 Å². The number of para-hydroxylation sites is 3. The first-order valence-electron chi connectivity index (χ1n) is 16.4. The van der Waals surface area contributed by atoms with Gasteiger partial charge in [0.15, 0.2) is 0 Å². The molecule has 3 nitrogen and oxygen atoms in total. The molecule has 267 valence electrons. The molecule has 0 fully saturated rings. The van der Waals surface area contributed by atoms with Crippen LogP contribution in [-0.2, 0) is 32.5 Å². The van der Waals surface area contributed by atoms with Gasteiger partial charge in [0.1, 0.15) is 17.2 Å². The molecular formula is C42H66LuO3. The fourth-order valence-corrected chi connectivity index (χ4v) is 5.26. The normalized spacial score (nSPS) is 12.7. The fourth-order valence-electron chi connectivity index (χ4n) is 5.26. The molecule has 0 aliphatic heterocycles. The van der Waals surface area contributed by atoms with Crippen LogP contribution in [0.25, 0.3) is 0 Å². The van der Waals surface area contributed by atoms with Gasteiger partial charge in [0.05, 0.1) is 0 Å². The minimum absolute atomic E-state index is 0. The first kappa shape index (κ1) is 44.3. The summed E-state index contributed by atoms with van der Waals surface area (Å²) in [6, 6.07) is 18.1. The van der Waals surface area contributed by atoms with Crippen molar-refractivity contribution in [3.63, 3.8) is 0 Å². The van der Waals surface area contributed by atoms with E-state index in [1.807, 2.05) is 54.6 Å². The molecule has 0 aliphatic rings. The van der Waals surface area contributed by atoms with E-state index in [0.717, 1.165) is 33.4 Å². The number of hydrogen-bond acceptors (Lipinski definition) is 3. The third kappa shape index (κ3) is 12.4. The van der Waals surface area contributed by atoms with Gasteiger partial charge in [0.2, 0.25) is 0 Å². The van der Waals surface area contributed by atoms with Crippen molar-refractivity contribution < 1.29 is 52.2 Å². The van der Waals surface area contributed by atoms with E-state index in [1.54, 1.807) is 0 Å². The Morgan fingerprint density at radius 2 is 0.391 bits per heavy atom. The van der Waals surface area contributed by atoms with Crippen molar-refractivity contribution >= 4 is 0 Å². The Morgan fingerprint density at radius 1 is 0.283 bits per heavy atom. The van der Waals surface area contributed by atoms with Crippen LogP contribution < -0.4 is 0 Å². The van der Waals surface area contributed by atoms with E-state index in [-0.39, 0.29) is 69.4 Å². The van der Waals surface area contributed by atoms with E-state index < -0.39 is 0 Å². The first-order valence-corrected chi connectivity index (χ1v) is 16.4. The molecule has 3 aromatic rings. The summed E-state index contributed by atoms with van der Waals surface area (Å²) in [6.07, 6.45) is 0. The van der Waals surface area contributed by atoms with Crippen molar-refractivity contribution in [2.45, 2.75) is 157 Å². The maximum Gasteiger partial charge on any atom is 0.123 e. The van der Waals surface area contributed by atoms with Crippen LogP contribution in [0.4, 0.5) is 0 Å². The number of rotatable bonds is 0. The van der Waals surface area contributed by atoms with Crippen molar-refractivity contribution in [1.29, 1.82) is 0 Å². The molecule has 0 amide bonds. The van der Waals surface area contributed by atoms with Crippen LogP contribution in [0.15, 0.2) is 54.6 Å². The molecule has 0 bridgehead atoms. The molecule has 0 saturated carbocycles. The monoisotopic (exact) mass is 793 g/mol. The maximum atomic E-state index is 10.3. The average Bonchev–Trinajstić information content (AvgIpc) is 2.81.